The Morgan fingerprint density at radius 3 is 2.67 bits per heavy atom. The minimum atomic E-state index is -1.00. The van der Waals surface area contributed by atoms with Gasteiger partial charge in [-0.05, 0) is 68.8 Å². The lowest BCUT2D eigenvalue weighted by Gasteiger charge is -2.26. The van der Waals surface area contributed by atoms with Crippen molar-refractivity contribution < 1.29 is 14.4 Å². The summed E-state index contributed by atoms with van der Waals surface area (Å²) >= 11 is 1.83. The van der Waals surface area contributed by atoms with Crippen molar-refractivity contribution in [1.29, 1.82) is 0 Å². The summed E-state index contributed by atoms with van der Waals surface area (Å²) in [6, 6.07) is 14.5. The van der Waals surface area contributed by atoms with Crippen LogP contribution in [0.25, 0.3) is 0 Å². The molecule has 5 heteroatoms. The zero-order valence-electron chi connectivity index (χ0n) is 16.2. The van der Waals surface area contributed by atoms with Gasteiger partial charge in [-0.15, -0.1) is 0 Å². The van der Waals surface area contributed by atoms with Crippen LogP contribution in [0.1, 0.15) is 30.0 Å². The molecule has 0 spiro atoms. The van der Waals surface area contributed by atoms with Gasteiger partial charge in [0.15, 0.2) is 6.54 Å². The van der Waals surface area contributed by atoms with E-state index in [1.165, 1.54) is 5.56 Å². The molecule has 0 aliphatic carbocycles. The van der Waals surface area contributed by atoms with Crippen LogP contribution in [0, 0.1) is 13.8 Å². The first kappa shape index (κ1) is 18.4. The van der Waals surface area contributed by atoms with E-state index in [4.69, 9.17) is 4.74 Å². The van der Waals surface area contributed by atoms with Gasteiger partial charge in [-0.2, -0.15) is 0 Å². The number of β-amino-alcohol motifs (C(OH)–C–C–N with tert-alkyl or cyclic N) is 1. The highest BCUT2D eigenvalue weighted by atomic mass is 32.2. The number of rotatable bonds is 4. The van der Waals surface area contributed by atoms with Gasteiger partial charge in [0.1, 0.15) is 11.4 Å². The van der Waals surface area contributed by atoms with Crippen LogP contribution >= 0.6 is 11.8 Å². The highest BCUT2D eigenvalue weighted by Crippen LogP contribution is 2.39. The van der Waals surface area contributed by atoms with Crippen LogP contribution in [0.2, 0.25) is 0 Å². The third kappa shape index (κ3) is 3.23. The van der Waals surface area contributed by atoms with E-state index in [-0.39, 0.29) is 0 Å². The summed E-state index contributed by atoms with van der Waals surface area (Å²) in [7, 11) is 0. The SMILES string of the molecule is CCOc1ccc(N2C[C@@](O)(c3ccc(C)cc3C)[N+]3=C2SCCC3)cc1. The number of hydrogen-bond donors (Lipinski definition) is 1. The fraction of sp³-hybridized carbons (Fsp3) is 0.409. The summed E-state index contributed by atoms with van der Waals surface area (Å²) in [6.45, 7) is 8.25. The molecule has 1 atom stereocenters. The maximum atomic E-state index is 11.8. The molecule has 27 heavy (non-hydrogen) atoms. The third-order valence-electron chi connectivity index (χ3n) is 5.32. The van der Waals surface area contributed by atoms with E-state index in [0.29, 0.717) is 13.2 Å². The van der Waals surface area contributed by atoms with Crippen molar-refractivity contribution in [2.24, 2.45) is 0 Å². The molecule has 142 valence electrons. The second-order valence-electron chi connectivity index (χ2n) is 7.28. The molecule has 2 aromatic rings. The zero-order chi connectivity index (χ0) is 19.0. The predicted octanol–water partition coefficient (Wildman–Crippen LogP) is 3.87. The normalized spacial score (nSPS) is 22.1. The maximum Gasteiger partial charge on any atom is 0.316 e. The van der Waals surface area contributed by atoms with Crippen molar-refractivity contribution >= 4 is 22.6 Å². The van der Waals surface area contributed by atoms with Gasteiger partial charge in [0.05, 0.1) is 13.2 Å². The maximum absolute atomic E-state index is 11.8. The second kappa shape index (κ2) is 7.21. The fourth-order valence-electron chi connectivity index (χ4n) is 4.08. The van der Waals surface area contributed by atoms with E-state index in [2.05, 4.69) is 53.7 Å². The van der Waals surface area contributed by atoms with Crippen LogP contribution in [-0.2, 0) is 5.72 Å². The van der Waals surface area contributed by atoms with Crippen molar-refractivity contribution in [2.45, 2.75) is 32.9 Å². The van der Waals surface area contributed by atoms with E-state index >= 15 is 0 Å². The van der Waals surface area contributed by atoms with E-state index in [0.717, 1.165) is 46.4 Å². The molecular weight excluding hydrogens is 356 g/mol. The Hall–Kier alpha value is -1.98. The summed E-state index contributed by atoms with van der Waals surface area (Å²) in [6.07, 6.45) is 1.08. The van der Waals surface area contributed by atoms with Gasteiger partial charge in [0, 0.05) is 11.3 Å². The molecule has 0 saturated heterocycles. The average Bonchev–Trinajstić information content (AvgIpc) is 2.97. The number of anilines is 1. The molecule has 0 unspecified atom stereocenters. The van der Waals surface area contributed by atoms with Crippen LogP contribution in [0.5, 0.6) is 5.75 Å². The number of hydrogen-bond acceptors (Lipinski definition) is 4. The number of ether oxygens (including phenoxy) is 1. The van der Waals surface area contributed by atoms with Crippen molar-refractivity contribution in [1.82, 2.24) is 0 Å². The summed E-state index contributed by atoms with van der Waals surface area (Å²) in [5, 5.41) is 13.0. The lowest BCUT2D eigenvalue weighted by atomic mass is 9.95. The highest BCUT2D eigenvalue weighted by Gasteiger charge is 2.53. The molecule has 2 heterocycles. The number of nitrogens with zero attached hydrogens (tertiary/aromatic N) is 2. The zero-order valence-corrected chi connectivity index (χ0v) is 17.1. The van der Waals surface area contributed by atoms with Crippen molar-refractivity contribution in [2.75, 3.05) is 30.3 Å². The first-order valence-corrected chi connectivity index (χ1v) is 10.6. The molecule has 0 fully saturated rings. The average molecular weight is 384 g/mol. The smallest absolute Gasteiger partial charge is 0.316 e. The quantitative estimate of drug-likeness (QED) is 0.813. The summed E-state index contributed by atoms with van der Waals surface area (Å²) in [5.41, 5.74) is 3.45. The van der Waals surface area contributed by atoms with E-state index in [9.17, 15) is 5.11 Å². The standard InChI is InChI=1S/C22H27N2O2S/c1-4-26-19-9-7-18(8-10-19)23-15-22(25,24-12-5-13-27-21(23)24)20-11-6-16(2)14-17(20)3/h6-11,14,25H,4-5,12-13,15H2,1-3H3/q+1/t22-/m1/s1. The van der Waals surface area contributed by atoms with Gasteiger partial charge < -0.3 is 9.84 Å². The lowest BCUT2D eigenvalue weighted by molar-refractivity contribution is -0.656. The van der Waals surface area contributed by atoms with Gasteiger partial charge in [-0.25, -0.2) is 9.48 Å². The topological polar surface area (TPSA) is 35.7 Å². The largest absolute Gasteiger partial charge is 0.494 e. The Morgan fingerprint density at radius 2 is 1.96 bits per heavy atom. The lowest BCUT2D eigenvalue weighted by Crippen LogP contribution is -2.42. The molecule has 0 aromatic heterocycles. The number of aliphatic hydroxyl groups is 1. The van der Waals surface area contributed by atoms with Gasteiger partial charge >= 0.3 is 5.17 Å². The number of amidine groups is 1. The van der Waals surface area contributed by atoms with E-state index in [1.807, 2.05) is 30.8 Å². The molecule has 2 aliphatic rings. The van der Waals surface area contributed by atoms with E-state index < -0.39 is 5.72 Å². The van der Waals surface area contributed by atoms with Crippen LogP contribution in [0.3, 0.4) is 0 Å². The number of aryl methyl sites for hydroxylation is 2. The van der Waals surface area contributed by atoms with Crippen LogP contribution in [0.15, 0.2) is 42.5 Å². The Morgan fingerprint density at radius 1 is 1.19 bits per heavy atom. The van der Waals surface area contributed by atoms with Crippen molar-refractivity contribution in [3.63, 3.8) is 0 Å². The molecule has 4 nitrogen and oxygen atoms in total. The van der Waals surface area contributed by atoms with Crippen LogP contribution < -0.4 is 9.64 Å². The summed E-state index contributed by atoms with van der Waals surface area (Å²) in [5.74, 6) is 1.96. The van der Waals surface area contributed by atoms with E-state index in [1.54, 1.807) is 0 Å². The van der Waals surface area contributed by atoms with Crippen molar-refractivity contribution in [3.8, 4) is 5.75 Å². The molecular formula is C22H27N2O2S+. The first-order chi connectivity index (χ1) is 13.0. The van der Waals surface area contributed by atoms with Gasteiger partial charge in [-0.3, -0.25) is 0 Å². The minimum Gasteiger partial charge on any atom is -0.494 e. The predicted molar refractivity (Wildman–Crippen MR) is 112 cm³/mol. The Labute approximate surface area is 165 Å². The minimum absolute atomic E-state index is 0.535. The van der Waals surface area contributed by atoms with Crippen molar-refractivity contribution in [3.05, 3.63) is 59.2 Å². The number of benzene rings is 2. The fourth-order valence-corrected chi connectivity index (χ4v) is 5.26. The summed E-state index contributed by atoms with van der Waals surface area (Å²) in [4.78, 5) is 2.25. The Balaban J connectivity index is 1.74. The molecule has 0 bridgehead atoms. The third-order valence-corrected chi connectivity index (χ3v) is 6.51. The number of thioether (sulfide) groups is 1. The first-order valence-electron chi connectivity index (χ1n) is 9.61. The highest BCUT2D eigenvalue weighted by molar-refractivity contribution is 8.13. The molecule has 4 rings (SSSR count). The van der Waals surface area contributed by atoms with Gasteiger partial charge in [-0.1, -0.05) is 23.8 Å². The second-order valence-corrected chi connectivity index (χ2v) is 8.35. The molecule has 2 aliphatic heterocycles. The monoisotopic (exact) mass is 383 g/mol. The van der Waals surface area contributed by atoms with Gasteiger partial charge in [0.25, 0.3) is 5.72 Å². The Kier molecular flexibility index (Phi) is 4.91. The molecule has 0 radical (unpaired) electrons. The Bertz CT molecular complexity index is 878. The summed E-state index contributed by atoms with van der Waals surface area (Å²) < 4.78 is 7.77. The van der Waals surface area contributed by atoms with Crippen LogP contribution in [-0.4, -0.2) is 40.3 Å². The molecule has 2 aromatic carbocycles. The van der Waals surface area contributed by atoms with Crippen LogP contribution in [0.4, 0.5) is 5.69 Å². The molecule has 1 N–H and O–H groups in total. The molecule has 0 amide bonds. The molecule has 0 saturated carbocycles. The van der Waals surface area contributed by atoms with Gasteiger partial charge in [0.2, 0.25) is 0 Å².